The second kappa shape index (κ2) is 9.81. The van der Waals surface area contributed by atoms with Gasteiger partial charge in [0.25, 0.3) is 0 Å². The Morgan fingerprint density at radius 2 is 2.08 bits per heavy atom. The lowest BCUT2D eigenvalue weighted by Gasteiger charge is -2.32. The van der Waals surface area contributed by atoms with E-state index >= 15 is 0 Å². The van der Waals surface area contributed by atoms with E-state index in [-0.39, 0.29) is 0 Å². The SMILES string of the molecule is C=Cc1cccc(N(C)C)c1C(CCCCCC)CS1(I)C=CN=C1. The lowest BCUT2D eigenvalue weighted by atomic mass is 9.89. The van der Waals surface area contributed by atoms with E-state index in [1.54, 1.807) is 0 Å². The molecule has 1 aliphatic rings. The van der Waals surface area contributed by atoms with E-state index < -0.39 is 7.20 Å². The number of benzene rings is 1. The van der Waals surface area contributed by atoms with E-state index in [1.807, 2.05) is 12.3 Å². The van der Waals surface area contributed by atoms with Crippen LogP contribution in [0.15, 0.2) is 41.4 Å². The van der Waals surface area contributed by atoms with Gasteiger partial charge in [-0.15, -0.1) is 7.20 Å². The topological polar surface area (TPSA) is 15.6 Å². The number of hydrogen-bond donors (Lipinski definition) is 0. The van der Waals surface area contributed by atoms with Crippen LogP contribution in [-0.4, -0.2) is 25.4 Å². The highest BCUT2D eigenvalue weighted by Gasteiger charge is 2.27. The molecule has 0 spiro atoms. The van der Waals surface area contributed by atoms with Crippen LogP contribution >= 0.6 is 28.4 Å². The molecule has 0 radical (unpaired) electrons. The van der Waals surface area contributed by atoms with Gasteiger partial charge in [-0.3, -0.25) is 4.99 Å². The molecule has 2 atom stereocenters. The minimum Gasteiger partial charge on any atom is -0.377 e. The first kappa shape index (κ1) is 20.6. The first-order valence-electron chi connectivity index (χ1n) is 9.14. The van der Waals surface area contributed by atoms with Crippen LogP contribution < -0.4 is 4.90 Å². The van der Waals surface area contributed by atoms with Crippen molar-refractivity contribution in [3.63, 3.8) is 0 Å². The van der Waals surface area contributed by atoms with Crippen LogP contribution in [0.5, 0.6) is 0 Å². The van der Waals surface area contributed by atoms with Crippen LogP contribution in [0.3, 0.4) is 0 Å². The lowest BCUT2D eigenvalue weighted by molar-refractivity contribution is 0.583. The second-order valence-electron chi connectivity index (χ2n) is 6.89. The number of rotatable bonds is 10. The Labute approximate surface area is 167 Å². The first-order valence-corrected chi connectivity index (χ1v) is 13.6. The average molecular weight is 470 g/mol. The number of nitrogens with zero attached hydrogens (tertiary/aromatic N) is 2. The Hall–Kier alpha value is -0.750. The maximum atomic E-state index is 4.39. The third-order valence-electron chi connectivity index (χ3n) is 4.70. The standard InChI is InChI=1S/C21H31IN2S/c1-5-7-8-9-11-19(16-25(22)15-14-23-17-25)21-18(6-2)12-10-13-20(21)24(3)4/h6,10,12-15,17,19H,2,5,7-9,11,16H2,1,3-4H3. The van der Waals surface area contributed by atoms with E-state index in [1.165, 1.54) is 54.7 Å². The first-order chi connectivity index (χ1) is 12.0. The lowest BCUT2D eigenvalue weighted by Crippen LogP contribution is -2.17. The smallest absolute Gasteiger partial charge is 0.0548 e. The zero-order valence-electron chi connectivity index (χ0n) is 15.7. The van der Waals surface area contributed by atoms with Gasteiger partial charge in [0.1, 0.15) is 0 Å². The molecule has 25 heavy (non-hydrogen) atoms. The molecule has 1 aromatic carbocycles. The summed E-state index contributed by atoms with van der Waals surface area (Å²) in [6, 6.07) is 6.60. The fraction of sp³-hybridized carbons (Fsp3) is 0.476. The quantitative estimate of drug-likeness (QED) is 0.263. The minimum absolute atomic E-state index is 0.546. The van der Waals surface area contributed by atoms with Crippen LogP contribution in [0, 0.1) is 0 Å². The van der Waals surface area contributed by atoms with Crippen molar-refractivity contribution in [2.24, 2.45) is 4.99 Å². The molecule has 138 valence electrons. The van der Waals surface area contributed by atoms with E-state index in [0.717, 1.165) is 0 Å². The number of aliphatic imine (C=N–C) groups is 1. The molecule has 0 aliphatic carbocycles. The van der Waals surface area contributed by atoms with Crippen molar-refractivity contribution in [3.8, 4) is 0 Å². The van der Waals surface area contributed by atoms with Crippen LogP contribution in [0.2, 0.25) is 0 Å². The number of anilines is 1. The summed E-state index contributed by atoms with van der Waals surface area (Å²) >= 11 is 2.64. The summed E-state index contributed by atoms with van der Waals surface area (Å²) in [6.07, 6.45) is 10.5. The molecule has 0 N–H and O–H groups in total. The summed E-state index contributed by atoms with van der Waals surface area (Å²) in [6.45, 7) is 6.36. The van der Waals surface area contributed by atoms with Crippen molar-refractivity contribution in [1.82, 2.24) is 0 Å². The second-order valence-corrected chi connectivity index (χ2v) is 14.1. The third-order valence-corrected chi connectivity index (χ3v) is 9.30. The van der Waals surface area contributed by atoms with Gasteiger partial charge in [0.2, 0.25) is 0 Å². The molecular formula is C21H31IN2S. The number of unbranched alkanes of at least 4 members (excludes halogenated alkanes) is 3. The Balaban J connectivity index is 2.35. The fourth-order valence-electron chi connectivity index (χ4n) is 3.43. The predicted molar refractivity (Wildman–Crippen MR) is 126 cm³/mol. The summed E-state index contributed by atoms with van der Waals surface area (Å²) in [5, 5.41) is 2.32. The Bertz CT molecular complexity index is 625. The molecule has 1 heterocycles. The largest absolute Gasteiger partial charge is 0.377 e. The molecule has 0 aromatic heterocycles. The molecule has 1 aromatic rings. The van der Waals surface area contributed by atoms with Gasteiger partial charge in [-0.2, -0.15) is 0 Å². The maximum Gasteiger partial charge on any atom is 0.0548 e. The van der Waals surface area contributed by atoms with Crippen LogP contribution in [0.1, 0.15) is 56.1 Å². The monoisotopic (exact) mass is 470 g/mol. The van der Waals surface area contributed by atoms with Crippen molar-refractivity contribution < 1.29 is 0 Å². The van der Waals surface area contributed by atoms with E-state index in [9.17, 15) is 0 Å². The van der Waals surface area contributed by atoms with Crippen molar-refractivity contribution >= 4 is 45.7 Å². The van der Waals surface area contributed by atoms with Crippen LogP contribution in [0.4, 0.5) is 5.69 Å². The summed E-state index contributed by atoms with van der Waals surface area (Å²) in [5.41, 5.74) is 6.26. The molecule has 4 heteroatoms. The van der Waals surface area contributed by atoms with Crippen molar-refractivity contribution in [2.75, 3.05) is 24.7 Å². The average Bonchev–Trinajstić information content (AvgIpc) is 3.03. The molecule has 0 saturated heterocycles. The van der Waals surface area contributed by atoms with E-state index in [2.05, 4.69) is 87.8 Å². The fourth-order valence-corrected chi connectivity index (χ4v) is 7.28. The van der Waals surface area contributed by atoms with E-state index in [4.69, 9.17) is 0 Å². The van der Waals surface area contributed by atoms with Gasteiger partial charge in [0.15, 0.2) is 0 Å². The van der Waals surface area contributed by atoms with Gasteiger partial charge >= 0.3 is 0 Å². The highest BCUT2D eigenvalue weighted by atomic mass is 127. The molecule has 1 aliphatic heterocycles. The van der Waals surface area contributed by atoms with Crippen molar-refractivity contribution in [2.45, 2.75) is 44.9 Å². The minimum atomic E-state index is -0.916. The normalized spacial score (nSPS) is 22.6. The highest BCUT2D eigenvalue weighted by molar-refractivity contribution is 14.2. The van der Waals surface area contributed by atoms with Gasteiger partial charge in [0, 0.05) is 31.7 Å². The molecule has 0 amide bonds. The molecule has 2 nitrogen and oxygen atoms in total. The predicted octanol–water partition coefficient (Wildman–Crippen LogP) is 7.12. The van der Waals surface area contributed by atoms with Gasteiger partial charge in [-0.25, -0.2) is 0 Å². The zero-order chi connectivity index (χ0) is 18.3. The molecule has 2 rings (SSSR count). The molecule has 0 saturated carbocycles. The maximum absolute atomic E-state index is 4.39. The molecular weight excluding hydrogens is 439 g/mol. The molecule has 0 bridgehead atoms. The highest BCUT2D eigenvalue weighted by Crippen LogP contribution is 2.60. The zero-order valence-corrected chi connectivity index (χ0v) is 18.7. The summed E-state index contributed by atoms with van der Waals surface area (Å²) < 4.78 is 0. The van der Waals surface area contributed by atoms with Gasteiger partial charge in [-0.05, 0) is 56.1 Å². The molecule has 2 unspecified atom stereocenters. The Kier molecular flexibility index (Phi) is 8.07. The molecule has 0 fully saturated rings. The van der Waals surface area contributed by atoms with Crippen molar-refractivity contribution in [1.29, 1.82) is 0 Å². The summed E-state index contributed by atoms with van der Waals surface area (Å²) in [5.74, 6) is 1.72. The number of halogens is 1. The third kappa shape index (κ3) is 5.61. The van der Waals surface area contributed by atoms with Gasteiger partial charge in [-0.1, -0.05) is 57.4 Å². The van der Waals surface area contributed by atoms with Crippen LogP contribution in [0.25, 0.3) is 6.08 Å². The summed E-state index contributed by atoms with van der Waals surface area (Å²) in [4.78, 5) is 6.63. The Morgan fingerprint density at radius 1 is 1.28 bits per heavy atom. The van der Waals surface area contributed by atoms with E-state index in [0.29, 0.717) is 5.92 Å². The van der Waals surface area contributed by atoms with Gasteiger partial charge < -0.3 is 4.90 Å². The number of hydrogen-bond acceptors (Lipinski definition) is 2. The van der Waals surface area contributed by atoms with Gasteiger partial charge in [0.05, 0.1) is 5.55 Å². The Morgan fingerprint density at radius 3 is 2.68 bits per heavy atom. The van der Waals surface area contributed by atoms with Crippen LogP contribution in [-0.2, 0) is 0 Å². The summed E-state index contributed by atoms with van der Waals surface area (Å²) in [7, 11) is 3.37. The van der Waals surface area contributed by atoms with Crippen molar-refractivity contribution in [3.05, 3.63) is 47.5 Å².